The molecule has 0 radical (unpaired) electrons. The molecule has 3 aromatic rings. The van der Waals surface area contributed by atoms with E-state index >= 15 is 0 Å². The van der Waals surface area contributed by atoms with Gasteiger partial charge >= 0.3 is 12.3 Å². The van der Waals surface area contributed by atoms with Gasteiger partial charge in [-0.1, -0.05) is 70.9 Å². The van der Waals surface area contributed by atoms with Crippen molar-refractivity contribution in [3.63, 3.8) is 0 Å². The molecule has 1 aliphatic carbocycles. The quantitative estimate of drug-likeness (QED) is 0.136. The van der Waals surface area contributed by atoms with Gasteiger partial charge in [0, 0.05) is 30.1 Å². The number of amides is 4. The summed E-state index contributed by atoms with van der Waals surface area (Å²) in [5.74, 6) is -3.10. The molecular weight excluding hydrogens is 646 g/mol. The number of H-pyrrole nitrogens is 1. The number of hydrogen-bond acceptors (Lipinski definition) is 4. The van der Waals surface area contributed by atoms with E-state index in [9.17, 15) is 41.8 Å². The highest BCUT2D eigenvalue weighted by molar-refractivity contribution is 5.97. The molecule has 0 bridgehead atoms. The molecule has 4 rings (SSSR count). The third kappa shape index (κ3) is 8.52. The fourth-order valence-electron chi connectivity index (χ4n) is 6.30. The molecule has 10 nitrogen and oxygen atoms in total. The maximum absolute atomic E-state index is 14.4. The van der Waals surface area contributed by atoms with E-state index in [4.69, 9.17) is 0 Å². The van der Waals surface area contributed by atoms with Crippen LogP contribution in [0.2, 0.25) is 0 Å². The highest BCUT2D eigenvalue weighted by Gasteiger charge is 2.47. The first-order chi connectivity index (χ1) is 23.1. The number of halogens is 4. The number of carbonyl (C=O) groups is 4. The Bertz CT molecular complexity index is 1690. The van der Waals surface area contributed by atoms with E-state index in [1.807, 2.05) is 20.8 Å². The number of para-hydroxylation sites is 1. The van der Waals surface area contributed by atoms with Gasteiger partial charge in [-0.2, -0.15) is 13.2 Å². The molecule has 0 aliphatic heterocycles. The first kappa shape index (κ1) is 37.2. The average Bonchev–Trinajstić information content (AvgIpc) is 3.42. The number of aryl methyl sites for hydroxylation is 1. The molecule has 4 amide bonds. The Balaban J connectivity index is 1.72. The summed E-state index contributed by atoms with van der Waals surface area (Å²) in [6.07, 6.45) is -5.26. The predicted molar refractivity (Wildman–Crippen MR) is 175 cm³/mol. The molecule has 5 atom stereocenters. The van der Waals surface area contributed by atoms with Gasteiger partial charge in [0.15, 0.2) is 0 Å². The van der Waals surface area contributed by atoms with Gasteiger partial charge in [0.2, 0.25) is 17.7 Å². The number of benzene rings is 2. The lowest BCUT2D eigenvalue weighted by atomic mass is 9.78. The molecule has 0 saturated heterocycles. The van der Waals surface area contributed by atoms with Crippen molar-refractivity contribution in [2.45, 2.75) is 90.0 Å². The van der Waals surface area contributed by atoms with E-state index in [2.05, 4.69) is 26.3 Å². The van der Waals surface area contributed by atoms with Gasteiger partial charge in [-0.25, -0.2) is 9.18 Å². The van der Waals surface area contributed by atoms with Crippen molar-refractivity contribution < 1.29 is 41.8 Å². The van der Waals surface area contributed by atoms with Crippen LogP contribution in [0, 0.1) is 17.7 Å². The fraction of sp³-hybridized carbons (Fsp3) is 0.486. The van der Waals surface area contributed by atoms with Crippen LogP contribution in [0.5, 0.6) is 0 Å². The molecule has 14 heteroatoms. The number of aromatic nitrogens is 1. The summed E-state index contributed by atoms with van der Waals surface area (Å²) in [5, 5.41) is 20.3. The maximum atomic E-state index is 14.4. The molecule has 1 heterocycles. The Morgan fingerprint density at radius 2 is 1.67 bits per heavy atom. The average molecular weight is 690 g/mol. The number of rotatable bonds is 13. The molecule has 0 saturated carbocycles. The minimum Gasteiger partial charge on any atom is -0.465 e. The van der Waals surface area contributed by atoms with Gasteiger partial charge in [0.05, 0.1) is 17.5 Å². The zero-order valence-corrected chi connectivity index (χ0v) is 27.9. The molecule has 266 valence electrons. The second kappa shape index (κ2) is 15.3. The van der Waals surface area contributed by atoms with Crippen molar-refractivity contribution in [3.05, 3.63) is 70.7 Å². The topological polar surface area (TPSA) is 152 Å². The Hall–Kier alpha value is -4.62. The second-order valence-corrected chi connectivity index (χ2v) is 12.9. The molecule has 49 heavy (non-hydrogen) atoms. The summed E-state index contributed by atoms with van der Waals surface area (Å²) in [5.41, 5.74) is -1.57. The third-order valence-corrected chi connectivity index (χ3v) is 9.65. The third-order valence-electron chi connectivity index (χ3n) is 9.65. The number of alkyl halides is 3. The fourth-order valence-corrected chi connectivity index (χ4v) is 6.30. The van der Waals surface area contributed by atoms with E-state index < -0.39 is 64.9 Å². The van der Waals surface area contributed by atoms with Crippen LogP contribution < -0.4 is 21.3 Å². The van der Waals surface area contributed by atoms with Crippen molar-refractivity contribution in [2.24, 2.45) is 11.8 Å². The summed E-state index contributed by atoms with van der Waals surface area (Å²) in [6, 6.07) is 7.75. The van der Waals surface area contributed by atoms with Crippen LogP contribution >= 0.6 is 0 Å². The van der Waals surface area contributed by atoms with Crippen LogP contribution in [0.1, 0.15) is 69.3 Å². The summed E-state index contributed by atoms with van der Waals surface area (Å²) in [4.78, 5) is 55.8. The van der Waals surface area contributed by atoms with Crippen molar-refractivity contribution in [1.29, 1.82) is 0 Å². The van der Waals surface area contributed by atoms with Crippen LogP contribution in [-0.4, -0.2) is 58.1 Å². The largest absolute Gasteiger partial charge is 0.465 e. The SMILES string of the molecule is CCC(C)[C@H](NC(=O)Cc1ccccc1F)C(=O)N[C@]1(C(=O)N[C@H](CNC(=O)O)C(C)CC)CCc2[nH]c3c(C(F)(F)F)cccc3c2C1. The van der Waals surface area contributed by atoms with E-state index in [0.717, 1.165) is 6.07 Å². The van der Waals surface area contributed by atoms with Crippen molar-refractivity contribution in [3.8, 4) is 0 Å². The Labute approximate surface area is 281 Å². The molecule has 6 N–H and O–H groups in total. The van der Waals surface area contributed by atoms with Crippen LogP contribution in [0.3, 0.4) is 0 Å². The number of fused-ring (bicyclic) bond motifs is 3. The van der Waals surface area contributed by atoms with Crippen molar-refractivity contribution >= 4 is 34.7 Å². The van der Waals surface area contributed by atoms with Gasteiger partial charge in [-0.05, 0) is 47.9 Å². The smallest absolute Gasteiger partial charge is 0.418 e. The Morgan fingerprint density at radius 1 is 0.980 bits per heavy atom. The van der Waals surface area contributed by atoms with Crippen LogP contribution in [0.4, 0.5) is 22.4 Å². The van der Waals surface area contributed by atoms with Gasteiger partial charge < -0.3 is 31.4 Å². The summed E-state index contributed by atoms with van der Waals surface area (Å²) < 4.78 is 56.1. The van der Waals surface area contributed by atoms with Gasteiger partial charge in [-0.15, -0.1) is 0 Å². The second-order valence-electron chi connectivity index (χ2n) is 12.9. The molecule has 2 aromatic carbocycles. The van der Waals surface area contributed by atoms with Crippen LogP contribution in [0.25, 0.3) is 10.9 Å². The standard InChI is InChI=1S/C35H43F4N5O5/c1-5-19(3)27(18-40-33(48)49)42-32(47)34(15-14-26-23(17-34)22-11-9-12-24(30(22)41-26)35(37,38)39)44-31(46)29(20(4)6-2)43-28(45)16-21-10-7-8-13-25(21)36/h7-13,19-20,27,29,40-41H,5-6,14-18H2,1-4H3,(H,42,47)(H,43,45)(H,44,46)(H,48,49)/t19?,20?,27-,29+,34-/m1/s1. The normalized spacial score (nSPS) is 18.4. The monoisotopic (exact) mass is 689 g/mol. The molecule has 0 fully saturated rings. The summed E-state index contributed by atoms with van der Waals surface area (Å²) in [7, 11) is 0. The first-order valence-electron chi connectivity index (χ1n) is 16.4. The highest BCUT2D eigenvalue weighted by Crippen LogP contribution is 2.40. The summed E-state index contributed by atoms with van der Waals surface area (Å²) >= 11 is 0. The van der Waals surface area contributed by atoms with Gasteiger partial charge in [0.1, 0.15) is 17.4 Å². The van der Waals surface area contributed by atoms with E-state index in [1.165, 1.54) is 30.3 Å². The molecule has 2 unspecified atom stereocenters. The number of aromatic amines is 1. The Kier molecular flexibility index (Phi) is 11.6. The summed E-state index contributed by atoms with van der Waals surface area (Å²) in [6.45, 7) is 7.16. The lowest BCUT2D eigenvalue weighted by molar-refractivity contribution is -0.137. The number of carboxylic acid groups (broad SMARTS) is 1. The lowest BCUT2D eigenvalue weighted by Crippen LogP contribution is -2.66. The molecule has 1 aliphatic rings. The molecule has 1 aromatic heterocycles. The zero-order valence-electron chi connectivity index (χ0n) is 27.9. The van der Waals surface area contributed by atoms with E-state index in [-0.39, 0.29) is 54.6 Å². The highest BCUT2D eigenvalue weighted by atomic mass is 19.4. The van der Waals surface area contributed by atoms with Gasteiger partial charge in [0.25, 0.3) is 0 Å². The molecule has 0 spiro atoms. The Morgan fingerprint density at radius 3 is 2.31 bits per heavy atom. The minimum absolute atomic E-state index is 0.00172. The van der Waals surface area contributed by atoms with E-state index in [0.29, 0.717) is 24.1 Å². The minimum atomic E-state index is -4.64. The van der Waals surface area contributed by atoms with Crippen molar-refractivity contribution in [2.75, 3.05) is 6.54 Å². The first-order valence-corrected chi connectivity index (χ1v) is 16.4. The maximum Gasteiger partial charge on any atom is 0.418 e. The molecular formula is C35H43F4N5O5. The lowest BCUT2D eigenvalue weighted by Gasteiger charge is -2.40. The van der Waals surface area contributed by atoms with Gasteiger partial charge in [-0.3, -0.25) is 14.4 Å². The van der Waals surface area contributed by atoms with Crippen LogP contribution in [-0.2, 0) is 39.8 Å². The van der Waals surface area contributed by atoms with Crippen molar-refractivity contribution in [1.82, 2.24) is 26.3 Å². The van der Waals surface area contributed by atoms with Crippen LogP contribution in [0.15, 0.2) is 42.5 Å². The number of nitrogens with one attached hydrogen (secondary N) is 5. The number of carbonyl (C=O) groups excluding carboxylic acids is 3. The number of hydrogen-bond donors (Lipinski definition) is 6. The predicted octanol–water partition coefficient (Wildman–Crippen LogP) is 5.24. The zero-order chi connectivity index (χ0) is 36.1. The van der Waals surface area contributed by atoms with E-state index in [1.54, 1.807) is 13.0 Å².